The topological polar surface area (TPSA) is 61.3 Å². The van der Waals surface area contributed by atoms with Crippen LogP contribution in [0.2, 0.25) is 5.15 Å². The van der Waals surface area contributed by atoms with Gasteiger partial charge in [-0.3, -0.25) is 4.79 Å². The Morgan fingerprint density at radius 3 is 2.28 bits per heavy atom. The van der Waals surface area contributed by atoms with E-state index in [1.807, 2.05) is 54.6 Å². The molecule has 1 heterocycles. The molecule has 0 saturated heterocycles. The van der Waals surface area contributed by atoms with Crippen molar-refractivity contribution in [1.29, 1.82) is 0 Å². The minimum absolute atomic E-state index is 0.268. The number of halogens is 1. The predicted molar refractivity (Wildman–Crippen MR) is 113 cm³/mol. The van der Waals surface area contributed by atoms with Crippen molar-refractivity contribution in [3.63, 3.8) is 0 Å². The van der Waals surface area contributed by atoms with Gasteiger partial charge >= 0.3 is 5.97 Å². The van der Waals surface area contributed by atoms with Crippen molar-refractivity contribution in [2.75, 3.05) is 7.11 Å². The Kier molecular flexibility index (Phi) is 5.14. The van der Waals surface area contributed by atoms with Gasteiger partial charge in [-0.25, -0.2) is 9.97 Å². The second kappa shape index (κ2) is 7.89. The Morgan fingerprint density at radius 1 is 0.897 bits per heavy atom. The highest BCUT2D eigenvalue weighted by Crippen LogP contribution is 2.37. The van der Waals surface area contributed by atoms with Crippen molar-refractivity contribution in [2.24, 2.45) is 0 Å². The van der Waals surface area contributed by atoms with Crippen LogP contribution in [0, 0.1) is 0 Å². The highest BCUT2D eigenvalue weighted by atomic mass is 35.5. The fourth-order valence-corrected chi connectivity index (χ4v) is 3.39. The van der Waals surface area contributed by atoms with Crippen molar-refractivity contribution in [2.45, 2.75) is 6.92 Å². The standard InChI is InChI=1S/C23H17ClN2O3/c1-14(27)29-21-12-18-19(13-20(21)28-2)25-23(26-22(18)24)17-11-7-6-10-16(17)15-8-4-3-5-9-15/h3-13H,1-2H3. The molecule has 0 saturated carbocycles. The summed E-state index contributed by atoms with van der Waals surface area (Å²) in [5, 5.41) is 0.841. The molecule has 0 N–H and O–H groups in total. The summed E-state index contributed by atoms with van der Waals surface area (Å²) in [7, 11) is 1.50. The van der Waals surface area contributed by atoms with E-state index in [-0.39, 0.29) is 10.9 Å². The number of hydrogen-bond acceptors (Lipinski definition) is 5. The molecular formula is C23H17ClN2O3. The lowest BCUT2D eigenvalue weighted by atomic mass is 9.99. The summed E-state index contributed by atoms with van der Waals surface area (Å²) in [5.74, 6) is 0.720. The molecule has 0 aliphatic carbocycles. The zero-order valence-electron chi connectivity index (χ0n) is 15.8. The minimum atomic E-state index is -0.451. The van der Waals surface area contributed by atoms with E-state index in [4.69, 9.17) is 26.1 Å². The van der Waals surface area contributed by atoms with Crippen molar-refractivity contribution in [3.05, 3.63) is 71.9 Å². The molecule has 0 atom stereocenters. The van der Waals surface area contributed by atoms with Crippen LogP contribution in [0.15, 0.2) is 66.7 Å². The van der Waals surface area contributed by atoms with Crippen LogP contribution < -0.4 is 9.47 Å². The van der Waals surface area contributed by atoms with Crippen LogP contribution in [0.1, 0.15) is 6.92 Å². The maximum atomic E-state index is 11.4. The van der Waals surface area contributed by atoms with Gasteiger partial charge in [0.25, 0.3) is 0 Å². The van der Waals surface area contributed by atoms with E-state index >= 15 is 0 Å². The molecule has 4 rings (SSSR count). The molecule has 29 heavy (non-hydrogen) atoms. The van der Waals surface area contributed by atoms with E-state index in [1.54, 1.807) is 12.1 Å². The Balaban J connectivity index is 1.90. The summed E-state index contributed by atoms with van der Waals surface area (Å²) in [6.07, 6.45) is 0. The monoisotopic (exact) mass is 404 g/mol. The lowest BCUT2D eigenvalue weighted by molar-refractivity contribution is -0.132. The van der Waals surface area contributed by atoms with Gasteiger partial charge < -0.3 is 9.47 Å². The van der Waals surface area contributed by atoms with Crippen LogP contribution in [0.5, 0.6) is 11.5 Å². The first-order chi connectivity index (χ1) is 14.1. The largest absolute Gasteiger partial charge is 0.493 e. The number of nitrogens with zero attached hydrogens (tertiary/aromatic N) is 2. The number of methoxy groups -OCH3 is 1. The molecule has 0 radical (unpaired) electrons. The predicted octanol–water partition coefficient (Wildman–Crippen LogP) is 5.55. The number of benzene rings is 3. The van der Waals surface area contributed by atoms with Gasteiger partial charge in [0.2, 0.25) is 0 Å². The first-order valence-corrected chi connectivity index (χ1v) is 9.33. The van der Waals surface area contributed by atoms with Crippen molar-refractivity contribution >= 4 is 28.5 Å². The average molecular weight is 405 g/mol. The molecule has 0 spiro atoms. The SMILES string of the molecule is COc1cc2nc(-c3ccccc3-c3ccccc3)nc(Cl)c2cc1OC(C)=O. The summed E-state index contributed by atoms with van der Waals surface area (Å²) in [4.78, 5) is 20.6. The Morgan fingerprint density at radius 2 is 1.59 bits per heavy atom. The van der Waals surface area contributed by atoms with Gasteiger partial charge in [-0.1, -0.05) is 66.2 Å². The number of ether oxygens (including phenoxy) is 2. The molecule has 4 aromatic rings. The summed E-state index contributed by atoms with van der Waals surface area (Å²) < 4.78 is 10.6. The van der Waals surface area contributed by atoms with E-state index in [9.17, 15) is 4.79 Å². The molecule has 0 unspecified atom stereocenters. The molecule has 0 aliphatic rings. The Labute approximate surface area is 172 Å². The molecule has 6 heteroatoms. The third kappa shape index (κ3) is 3.77. The van der Waals surface area contributed by atoms with Gasteiger partial charge in [-0.15, -0.1) is 0 Å². The quantitative estimate of drug-likeness (QED) is 0.253. The molecule has 0 bridgehead atoms. The van der Waals surface area contributed by atoms with Crippen LogP contribution in [0.3, 0.4) is 0 Å². The van der Waals surface area contributed by atoms with Crippen LogP contribution in [-0.2, 0) is 4.79 Å². The van der Waals surface area contributed by atoms with E-state index in [2.05, 4.69) is 4.98 Å². The number of hydrogen-bond donors (Lipinski definition) is 0. The van der Waals surface area contributed by atoms with E-state index in [0.29, 0.717) is 22.5 Å². The van der Waals surface area contributed by atoms with E-state index < -0.39 is 5.97 Å². The van der Waals surface area contributed by atoms with Crippen molar-refractivity contribution in [1.82, 2.24) is 9.97 Å². The van der Waals surface area contributed by atoms with Crippen LogP contribution in [0.25, 0.3) is 33.4 Å². The van der Waals surface area contributed by atoms with Gasteiger partial charge in [0, 0.05) is 23.9 Å². The fourth-order valence-electron chi connectivity index (χ4n) is 3.16. The number of carbonyl (C=O) groups is 1. The Bertz CT molecular complexity index is 1210. The van der Waals surface area contributed by atoms with E-state index in [1.165, 1.54) is 14.0 Å². The molecule has 3 aromatic carbocycles. The molecule has 0 amide bonds. The summed E-state index contributed by atoms with van der Waals surface area (Å²) in [5.41, 5.74) is 3.53. The number of esters is 1. The molecule has 1 aromatic heterocycles. The summed E-state index contributed by atoms with van der Waals surface area (Å²) in [6.45, 7) is 1.32. The van der Waals surface area contributed by atoms with Crippen molar-refractivity contribution in [3.8, 4) is 34.0 Å². The highest BCUT2D eigenvalue weighted by Gasteiger charge is 2.16. The molecule has 0 fully saturated rings. The second-order valence-corrected chi connectivity index (χ2v) is 6.72. The molecular weight excluding hydrogens is 388 g/mol. The van der Waals surface area contributed by atoms with Crippen molar-refractivity contribution < 1.29 is 14.3 Å². The normalized spacial score (nSPS) is 10.7. The second-order valence-electron chi connectivity index (χ2n) is 6.36. The maximum Gasteiger partial charge on any atom is 0.308 e. The van der Waals surface area contributed by atoms with Gasteiger partial charge in [-0.2, -0.15) is 0 Å². The molecule has 5 nitrogen and oxygen atoms in total. The first-order valence-electron chi connectivity index (χ1n) is 8.95. The van der Waals surface area contributed by atoms with Crippen LogP contribution in [-0.4, -0.2) is 23.0 Å². The van der Waals surface area contributed by atoms with Crippen LogP contribution >= 0.6 is 11.6 Å². The maximum absolute atomic E-state index is 11.4. The van der Waals surface area contributed by atoms with Gasteiger partial charge in [-0.05, 0) is 17.2 Å². The fraction of sp³-hybridized carbons (Fsp3) is 0.0870. The number of rotatable bonds is 4. The number of carbonyl (C=O) groups excluding carboxylic acids is 1. The molecule has 0 aliphatic heterocycles. The lowest BCUT2D eigenvalue weighted by Crippen LogP contribution is -2.03. The number of aromatic nitrogens is 2. The zero-order valence-corrected chi connectivity index (χ0v) is 16.6. The van der Waals surface area contributed by atoms with Gasteiger partial charge in [0.05, 0.1) is 12.6 Å². The highest BCUT2D eigenvalue weighted by molar-refractivity contribution is 6.34. The lowest BCUT2D eigenvalue weighted by Gasteiger charge is -2.12. The van der Waals surface area contributed by atoms with Gasteiger partial charge in [0.1, 0.15) is 5.15 Å². The summed E-state index contributed by atoms with van der Waals surface area (Å²) >= 11 is 6.48. The third-order valence-electron chi connectivity index (χ3n) is 4.44. The zero-order chi connectivity index (χ0) is 20.4. The van der Waals surface area contributed by atoms with Crippen LogP contribution in [0.4, 0.5) is 0 Å². The molecule has 144 valence electrons. The number of fused-ring (bicyclic) bond motifs is 1. The smallest absolute Gasteiger partial charge is 0.308 e. The third-order valence-corrected chi connectivity index (χ3v) is 4.73. The average Bonchev–Trinajstić information content (AvgIpc) is 2.74. The van der Waals surface area contributed by atoms with E-state index in [0.717, 1.165) is 16.7 Å². The first kappa shape index (κ1) is 18.9. The van der Waals surface area contributed by atoms with Gasteiger partial charge in [0.15, 0.2) is 17.3 Å². The summed E-state index contributed by atoms with van der Waals surface area (Å²) in [6, 6.07) is 21.2. The Hall–Kier alpha value is -3.44. The minimum Gasteiger partial charge on any atom is -0.493 e.